The van der Waals surface area contributed by atoms with E-state index in [1.54, 1.807) is 38.1 Å². The molecular formula is C40H42F6N2O8. The summed E-state index contributed by atoms with van der Waals surface area (Å²) < 4.78 is 95.8. The average Bonchev–Trinajstić information content (AvgIpc) is 3.10. The van der Waals surface area contributed by atoms with Gasteiger partial charge in [-0.3, -0.25) is 9.59 Å². The first-order valence-corrected chi connectivity index (χ1v) is 17.4. The van der Waals surface area contributed by atoms with Crippen LogP contribution in [0.4, 0.5) is 26.3 Å². The minimum atomic E-state index is -4.75. The third-order valence-corrected chi connectivity index (χ3v) is 8.89. The number of hydrogen-bond donors (Lipinski definition) is 6. The van der Waals surface area contributed by atoms with Crippen LogP contribution in [-0.4, -0.2) is 57.7 Å². The zero-order valence-corrected chi connectivity index (χ0v) is 30.4. The van der Waals surface area contributed by atoms with Gasteiger partial charge in [0.2, 0.25) is 0 Å². The minimum absolute atomic E-state index is 0.0522. The second-order valence-corrected chi connectivity index (χ2v) is 13.2. The second-order valence-electron chi connectivity index (χ2n) is 13.2. The number of rotatable bonds is 19. The second kappa shape index (κ2) is 19.1. The molecular weight excluding hydrogens is 750 g/mol. The molecule has 0 aliphatic heterocycles. The number of carboxylic acids is 2. The van der Waals surface area contributed by atoms with E-state index in [0.717, 1.165) is 23.3 Å². The third kappa shape index (κ3) is 12.4. The highest BCUT2D eigenvalue weighted by atomic mass is 19.4. The molecule has 0 amide bonds. The lowest BCUT2D eigenvalue weighted by atomic mass is 9.92. The molecule has 4 aromatic carbocycles. The van der Waals surface area contributed by atoms with E-state index in [1.807, 2.05) is 12.1 Å². The molecule has 0 saturated carbocycles. The molecule has 16 heteroatoms. The van der Waals surface area contributed by atoms with E-state index in [2.05, 4.69) is 10.6 Å². The molecule has 10 nitrogen and oxygen atoms in total. The quantitative estimate of drug-likeness (QED) is 0.0546. The number of aliphatic carboxylic acids is 2. The summed E-state index contributed by atoms with van der Waals surface area (Å²) in [6.45, 7) is 2.79. The molecule has 0 saturated heterocycles. The smallest absolute Gasteiger partial charge is 0.419 e. The van der Waals surface area contributed by atoms with Crippen molar-refractivity contribution in [3.63, 3.8) is 0 Å². The monoisotopic (exact) mass is 792 g/mol. The Morgan fingerprint density at radius 1 is 0.625 bits per heavy atom. The van der Waals surface area contributed by atoms with Gasteiger partial charge < -0.3 is 40.5 Å². The van der Waals surface area contributed by atoms with Crippen LogP contribution in [0.5, 0.6) is 11.5 Å². The van der Waals surface area contributed by atoms with Crippen molar-refractivity contribution < 1.29 is 65.8 Å². The fourth-order valence-corrected chi connectivity index (χ4v) is 5.96. The molecule has 0 aliphatic carbocycles. The molecule has 56 heavy (non-hydrogen) atoms. The topological polar surface area (TPSA) is 158 Å². The van der Waals surface area contributed by atoms with Crippen LogP contribution in [0.25, 0.3) is 11.1 Å². The Kier molecular flexibility index (Phi) is 14.9. The molecule has 0 fully saturated rings. The van der Waals surface area contributed by atoms with E-state index in [0.29, 0.717) is 22.3 Å². The molecule has 6 N–H and O–H groups in total. The van der Waals surface area contributed by atoms with Gasteiger partial charge in [0, 0.05) is 26.2 Å². The number of carbonyl (C=O) groups is 2. The Morgan fingerprint density at radius 2 is 1.00 bits per heavy atom. The molecule has 4 rings (SSSR count). The van der Waals surface area contributed by atoms with Gasteiger partial charge >= 0.3 is 24.3 Å². The van der Waals surface area contributed by atoms with Crippen LogP contribution in [0.1, 0.15) is 57.3 Å². The van der Waals surface area contributed by atoms with Crippen molar-refractivity contribution >= 4 is 11.9 Å². The lowest BCUT2D eigenvalue weighted by Gasteiger charge is -2.19. The summed E-state index contributed by atoms with van der Waals surface area (Å²) >= 11 is 0. The Balaban J connectivity index is 1.47. The van der Waals surface area contributed by atoms with E-state index in [9.17, 15) is 46.1 Å². The fourth-order valence-electron chi connectivity index (χ4n) is 5.96. The van der Waals surface area contributed by atoms with Crippen molar-refractivity contribution in [2.45, 2.75) is 77.6 Å². The van der Waals surface area contributed by atoms with Crippen molar-refractivity contribution in [1.29, 1.82) is 0 Å². The molecule has 4 aromatic rings. The van der Waals surface area contributed by atoms with Crippen molar-refractivity contribution in [3.05, 3.63) is 117 Å². The average molecular weight is 793 g/mol. The Morgan fingerprint density at radius 3 is 1.34 bits per heavy atom. The summed E-state index contributed by atoms with van der Waals surface area (Å²) in [5, 5.41) is 42.4. The summed E-state index contributed by atoms with van der Waals surface area (Å²) in [6.07, 6.45) is -12.9. The van der Waals surface area contributed by atoms with E-state index in [-0.39, 0.29) is 50.5 Å². The first kappa shape index (κ1) is 43.6. The zero-order valence-electron chi connectivity index (χ0n) is 30.4. The summed E-state index contributed by atoms with van der Waals surface area (Å²) in [7, 11) is 0. The van der Waals surface area contributed by atoms with Crippen LogP contribution in [0.15, 0.2) is 72.8 Å². The van der Waals surface area contributed by atoms with Crippen molar-refractivity contribution in [2.24, 2.45) is 0 Å². The van der Waals surface area contributed by atoms with E-state index >= 15 is 0 Å². The predicted octanol–water partition coefficient (Wildman–Crippen LogP) is 7.02. The molecule has 0 bridgehead atoms. The van der Waals surface area contributed by atoms with Gasteiger partial charge in [0.1, 0.15) is 24.7 Å². The van der Waals surface area contributed by atoms with Crippen LogP contribution in [0.2, 0.25) is 0 Å². The number of carboxylic acid groups (broad SMARTS) is 2. The standard InChI is InChI=1S/C40H42F6N2O8/c1-23-27(21-55-35-11-9-25(13-33(35)39(41,42)43)17-47-19-29(49)15-37(51)52)5-3-7-31(23)32-8-4-6-28(24(32)2)22-56-36-12-10-26(14-34(36)40(44,45)46)18-48-20-30(50)16-38(53)54/h3-14,29-30,47-50H,15-22H2,1-2H3,(H,51,52)(H,53,54). The van der Waals surface area contributed by atoms with Gasteiger partial charge in [-0.1, -0.05) is 48.5 Å². The SMILES string of the molecule is Cc1c(COc2ccc(CNCC(O)CC(=O)O)cc2C(F)(F)F)cccc1-c1cccc(COc2ccc(CNCC(O)CC(=O)O)cc2C(F)(F)F)c1C. The summed E-state index contributed by atoms with van der Waals surface area (Å²) in [6, 6.07) is 17.6. The predicted molar refractivity (Wildman–Crippen MR) is 193 cm³/mol. The number of alkyl halides is 6. The maximum Gasteiger partial charge on any atom is 0.419 e. The molecule has 302 valence electrons. The van der Waals surface area contributed by atoms with Crippen molar-refractivity contribution in [3.8, 4) is 22.6 Å². The lowest BCUT2D eigenvalue weighted by molar-refractivity contribution is -0.140. The van der Waals surface area contributed by atoms with E-state index in [4.69, 9.17) is 19.7 Å². The van der Waals surface area contributed by atoms with Crippen LogP contribution >= 0.6 is 0 Å². The molecule has 2 atom stereocenters. The maximum atomic E-state index is 14.1. The van der Waals surface area contributed by atoms with Gasteiger partial charge in [0.05, 0.1) is 36.2 Å². The molecule has 0 radical (unpaired) electrons. The summed E-state index contributed by atoms with van der Waals surface area (Å²) in [5.41, 5.74) is 2.55. The van der Waals surface area contributed by atoms with Crippen LogP contribution in [0.3, 0.4) is 0 Å². The summed E-state index contributed by atoms with van der Waals surface area (Å²) in [5.74, 6) is -3.21. The Hall–Kier alpha value is -5.16. The number of aliphatic hydroxyl groups excluding tert-OH is 2. The number of benzene rings is 4. The number of aliphatic hydroxyl groups is 2. The van der Waals surface area contributed by atoms with Gasteiger partial charge in [-0.2, -0.15) is 26.3 Å². The molecule has 0 aliphatic rings. The maximum absolute atomic E-state index is 14.1. The number of ether oxygens (including phenoxy) is 2. The van der Waals surface area contributed by atoms with E-state index < -0.39 is 72.0 Å². The van der Waals surface area contributed by atoms with E-state index in [1.165, 1.54) is 24.3 Å². The van der Waals surface area contributed by atoms with Crippen molar-refractivity contribution in [1.82, 2.24) is 10.6 Å². The van der Waals surface area contributed by atoms with Gasteiger partial charge in [-0.15, -0.1) is 0 Å². The Bertz CT molecular complexity index is 1840. The lowest BCUT2D eigenvalue weighted by Crippen LogP contribution is -2.28. The largest absolute Gasteiger partial charge is 0.488 e. The highest BCUT2D eigenvalue weighted by molar-refractivity contribution is 5.72. The van der Waals surface area contributed by atoms with Crippen LogP contribution in [0, 0.1) is 13.8 Å². The highest BCUT2D eigenvalue weighted by Gasteiger charge is 2.36. The third-order valence-electron chi connectivity index (χ3n) is 8.89. The molecule has 0 aromatic heterocycles. The van der Waals surface area contributed by atoms with Gasteiger partial charge in [0.25, 0.3) is 0 Å². The fraction of sp³-hybridized carbons (Fsp3) is 0.350. The van der Waals surface area contributed by atoms with Crippen LogP contribution < -0.4 is 20.1 Å². The first-order valence-electron chi connectivity index (χ1n) is 17.4. The normalized spacial score (nSPS) is 13.0. The molecule has 0 heterocycles. The first-order chi connectivity index (χ1) is 26.3. The number of halogens is 6. The van der Waals surface area contributed by atoms with Crippen LogP contribution in [-0.2, 0) is 48.2 Å². The number of hydrogen-bond acceptors (Lipinski definition) is 8. The zero-order chi connectivity index (χ0) is 41.2. The number of nitrogens with one attached hydrogen (secondary N) is 2. The molecule has 0 spiro atoms. The van der Waals surface area contributed by atoms with Crippen molar-refractivity contribution in [2.75, 3.05) is 13.1 Å². The summed E-state index contributed by atoms with van der Waals surface area (Å²) in [4.78, 5) is 21.5. The minimum Gasteiger partial charge on any atom is -0.488 e. The van der Waals surface area contributed by atoms with Gasteiger partial charge in [0.15, 0.2) is 0 Å². The molecule has 2 unspecified atom stereocenters. The van der Waals surface area contributed by atoms with Gasteiger partial charge in [-0.25, -0.2) is 0 Å². The van der Waals surface area contributed by atoms with Gasteiger partial charge in [-0.05, 0) is 82.6 Å². The Labute approximate surface area is 318 Å². The highest BCUT2D eigenvalue weighted by Crippen LogP contribution is 2.39.